The Bertz CT molecular complexity index is 3040. The van der Waals surface area contributed by atoms with Crippen molar-refractivity contribution in [3.05, 3.63) is 169 Å². The molecule has 2 atom stereocenters. The van der Waals surface area contributed by atoms with Gasteiger partial charge in [-0.15, -0.1) is 0 Å². The zero-order valence-corrected chi connectivity index (χ0v) is 28.8. The molecular weight excluding hydrogens is 651 g/mol. The van der Waals surface area contributed by atoms with E-state index in [0.29, 0.717) is 23.4 Å². The lowest BCUT2D eigenvalue weighted by Crippen LogP contribution is -2.31. The molecule has 0 radical (unpaired) electrons. The fourth-order valence-corrected chi connectivity index (χ4v) is 8.33. The number of fused-ring (bicyclic) bond motifs is 9. The summed E-state index contributed by atoms with van der Waals surface area (Å²) >= 11 is 0. The Balaban J connectivity index is 1.19. The van der Waals surface area contributed by atoms with Gasteiger partial charge in [-0.3, -0.25) is 0 Å². The Labute approximate surface area is 305 Å². The van der Waals surface area contributed by atoms with Gasteiger partial charge in [0.15, 0.2) is 17.5 Å². The molecule has 6 aromatic carbocycles. The molecule has 53 heavy (non-hydrogen) atoms. The molecule has 0 N–H and O–H groups in total. The van der Waals surface area contributed by atoms with E-state index in [1.54, 1.807) is 0 Å². The van der Waals surface area contributed by atoms with Crippen molar-refractivity contribution in [1.29, 1.82) is 0 Å². The molecule has 5 nitrogen and oxygen atoms in total. The van der Waals surface area contributed by atoms with Crippen LogP contribution in [0.4, 0.5) is 0 Å². The third kappa shape index (κ3) is 4.60. The molecule has 250 valence electrons. The Hall–Kier alpha value is -6.85. The summed E-state index contributed by atoms with van der Waals surface area (Å²) in [6, 6.07) is 43.7. The Kier molecular flexibility index (Phi) is 6.38. The number of hydrogen-bond acceptors (Lipinski definition) is 5. The van der Waals surface area contributed by atoms with Crippen LogP contribution in [0.25, 0.3) is 95.2 Å². The highest BCUT2D eigenvalue weighted by Gasteiger charge is 2.36. The SMILES string of the molecule is CC12C=CC=CC1C=Cc1ccc(-c3cc(-c4nc(-c5ccccc5)nc(-c5cccc6oc7ccccc7c56)n4)c4c(c3)oc3ccccc34)cc12. The number of nitrogens with zero attached hydrogens (tertiary/aromatic N) is 3. The lowest BCUT2D eigenvalue weighted by molar-refractivity contribution is 0.493. The maximum atomic E-state index is 6.61. The molecule has 0 amide bonds. The minimum absolute atomic E-state index is 0.132. The van der Waals surface area contributed by atoms with Crippen LogP contribution in [0.3, 0.4) is 0 Å². The first kappa shape index (κ1) is 29.8. The number of aromatic nitrogens is 3. The third-order valence-corrected chi connectivity index (χ3v) is 11.0. The molecule has 0 aliphatic heterocycles. The number of para-hydroxylation sites is 2. The summed E-state index contributed by atoms with van der Waals surface area (Å²) in [4.78, 5) is 15.7. The second kappa shape index (κ2) is 11.3. The van der Waals surface area contributed by atoms with Crippen LogP contribution in [-0.4, -0.2) is 15.0 Å². The van der Waals surface area contributed by atoms with Gasteiger partial charge in [0.05, 0.1) is 0 Å². The van der Waals surface area contributed by atoms with Gasteiger partial charge in [0, 0.05) is 49.6 Å². The van der Waals surface area contributed by atoms with Crippen LogP contribution < -0.4 is 0 Å². The van der Waals surface area contributed by atoms with Crippen LogP contribution >= 0.6 is 0 Å². The van der Waals surface area contributed by atoms with Gasteiger partial charge in [-0.2, -0.15) is 0 Å². The lowest BCUT2D eigenvalue weighted by atomic mass is 9.65. The summed E-state index contributed by atoms with van der Waals surface area (Å²) < 4.78 is 12.9. The van der Waals surface area contributed by atoms with Crippen LogP contribution in [0.2, 0.25) is 0 Å². The largest absolute Gasteiger partial charge is 0.456 e. The summed E-state index contributed by atoms with van der Waals surface area (Å²) in [6.45, 7) is 2.33. The maximum absolute atomic E-state index is 6.61. The normalized spacial score (nSPS) is 17.6. The molecule has 3 heterocycles. The molecular formula is C48H31N3O2. The van der Waals surface area contributed by atoms with Crippen molar-refractivity contribution in [2.45, 2.75) is 12.3 Å². The zero-order valence-electron chi connectivity index (χ0n) is 28.8. The van der Waals surface area contributed by atoms with E-state index >= 15 is 0 Å². The van der Waals surface area contributed by atoms with E-state index in [2.05, 4.69) is 91.9 Å². The van der Waals surface area contributed by atoms with Gasteiger partial charge < -0.3 is 8.83 Å². The third-order valence-electron chi connectivity index (χ3n) is 11.0. The van der Waals surface area contributed by atoms with Crippen molar-refractivity contribution in [2.24, 2.45) is 5.92 Å². The number of allylic oxidation sites excluding steroid dienone is 5. The van der Waals surface area contributed by atoms with Gasteiger partial charge >= 0.3 is 0 Å². The highest BCUT2D eigenvalue weighted by molar-refractivity contribution is 6.14. The van der Waals surface area contributed by atoms with Gasteiger partial charge in [0.2, 0.25) is 0 Å². The number of hydrogen-bond donors (Lipinski definition) is 0. The van der Waals surface area contributed by atoms with Crippen molar-refractivity contribution < 1.29 is 8.83 Å². The Morgan fingerprint density at radius 2 is 1.19 bits per heavy atom. The first-order valence-corrected chi connectivity index (χ1v) is 18.0. The molecule has 0 bridgehead atoms. The van der Waals surface area contributed by atoms with E-state index in [9.17, 15) is 0 Å². The molecule has 0 saturated heterocycles. The average Bonchev–Trinajstić information content (AvgIpc) is 3.79. The molecule has 3 aromatic heterocycles. The first-order chi connectivity index (χ1) is 26.1. The van der Waals surface area contributed by atoms with Crippen LogP contribution in [0, 0.1) is 5.92 Å². The quantitative estimate of drug-likeness (QED) is 0.185. The maximum Gasteiger partial charge on any atom is 0.164 e. The zero-order chi connectivity index (χ0) is 35.1. The number of rotatable bonds is 4. The van der Waals surface area contributed by atoms with E-state index in [0.717, 1.165) is 71.7 Å². The molecule has 0 spiro atoms. The average molecular weight is 682 g/mol. The Morgan fingerprint density at radius 1 is 0.509 bits per heavy atom. The highest BCUT2D eigenvalue weighted by Crippen LogP contribution is 2.46. The minimum atomic E-state index is -0.132. The molecule has 9 aromatic rings. The summed E-state index contributed by atoms with van der Waals surface area (Å²) in [5.74, 6) is 2.05. The van der Waals surface area contributed by atoms with Gasteiger partial charge in [-0.1, -0.05) is 134 Å². The van der Waals surface area contributed by atoms with Crippen LogP contribution in [0.1, 0.15) is 18.1 Å². The van der Waals surface area contributed by atoms with Crippen molar-refractivity contribution in [3.8, 4) is 45.3 Å². The second-order valence-electron chi connectivity index (χ2n) is 14.2. The van der Waals surface area contributed by atoms with Crippen molar-refractivity contribution >= 4 is 50.0 Å². The van der Waals surface area contributed by atoms with Gasteiger partial charge in [0.25, 0.3) is 0 Å². The van der Waals surface area contributed by atoms with Crippen molar-refractivity contribution in [3.63, 3.8) is 0 Å². The fraction of sp³-hybridized carbons (Fsp3) is 0.0625. The fourth-order valence-electron chi connectivity index (χ4n) is 8.33. The highest BCUT2D eigenvalue weighted by atomic mass is 16.3. The van der Waals surface area contributed by atoms with E-state index in [1.807, 2.05) is 78.9 Å². The standard InChI is InChI=1S/C48H31N3O2/c1-48-25-10-9-14-33(48)24-23-29-21-22-31(27-38(29)48)32-26-37(44-35-16-6-8-19-40(35)53-42(44)28-32)47-50-45(30-12-3-2-4-13-30)49-46(51-47)36-17-11-20-41-43(36)34-15-5-7-18-39(34)52-41/h2-28,33H,1H3. The molecule has 2 aliphatic carbocycles. The van der Waals surface area contributed by atoms with Gasteiger partial charge in [0.1, 0.15) is 22.3 Å². The van der Waals surface area contributed by atoms with Crippen LogP contribution in [0.5, 0.6) is 0 Å². The Morgan fingerprint density at radius 3 is 2.00 bits per heavy atom. The smallest absolute Gasteiger partial charge is 0.164 e. The van der Waals surface area contributed by atoms with E-state index < -0.39 is 0 Å². The summed E-state index contributed by atoms with van der Waals surface area (Å²) in [7, 11) is 0. The van der Waals surface area contributed by atoms with E-state index in [-0.39, 0.29) is 5.41 Å². The van der Waals surface area contributed by atoms with Crippen LogP contribution in [0.15, 0.2) is 167 Å². The van der Waals surface area contributed by atoms with Crippen molar-refractivity contribution in [1.82, 2.24) is 15.0 Å². The van der Waals surface area contributed by atoms with Crippen molar-refractivity contribution in [2.75, 3.05) is 0 Å². The topological polar surface area (TPSA) is 65.0 Å². The summed E-state index contributed by atoms with van der Waals surface area (Å²) in [5.41, 5.74) is 10.5. The van der Waals surface area contributed by atoms with E-state index in [1.165, 1.54) is 11.1 Å². The molecule has 11 rings (SSSR count). The number of furan rings is 2. The van der Waals surface area contributed by atoms with Gasteiger partial charge in [-0.25, -0.2) is 15.0 Å². The molecule has 0 fully saturated rings. The monoisotopic (exact) mass is 681 g/mol. The molecule has 5 heteroatoms. The molecule has 2 unspecified atom stereocenters. The predicted octanol–water partition coefficient (Wildman–Crippen LogP) is 12.4. The number of benzene rings is 6. The molecule has 2 aliphatic rings. The lowest BCUT2D eigenvalue weighted by Gasteiger charge is -2.38. The van der Waals surface area contributed by atoms with Gasteiger partial charge in [-0.05, 0) is 58.7 Å². The summed E-state index contributed by atoms with van der Waals surface area (Å²) in [6.07, 6.45) is 13.5. The first-order valence-electron chi connectivity index (χ1n) is 18.0. The van der Waals surface area contributed by atoms with Crippen LogP contribution in [-0.2, 0) is 5.41 Å². The second-order valence-corrected chi connectivity index (χ2v) is 14.2. The van der Waals surface area contributed by atoms with E-state index in [4.69, 9.17) is 23.8 Å². The summed E-state index contributed by atoms with van der Waals surface area (Å²) in [5, 5.41) is 3.99. The predicted molar refractivity (Wildman–Crippen MR) is 214 cm³/mol. The minimum Gasteiger partial charge on any atom is -0.456 e. The molecule has 0 saturated carbocycles.